The maximum Gasteiger partial charge on any atom is 0.0232 e. The van der Waals surface area contributed by atoms with E-state index >= 15 is 0 Å². The second-order valence-corrected chi connectivity index (χ2v) is 5.13. The van der Waals surface area contributed by atoms with Crippen LogP contribution in [0.1, 0.15) is 34.1 Å². The second kappa shape index (κ2) is 3.97. The number of hydrogen-bond acceptors (Lipinski definition) is 2. The summed E-state index contributed by atoms with van der Waals surface area (Å²) in [5.74, 6) is 0. The fraction of sp³-hybridized carbons (Fsp3) is 1.00. The molecule has 0 unspecified atom stereocenters. The molecule has 78 valence electrons. The van der Waals surface area contributed by atoms with Gasteiger partial charge in [0.05, 0.1) is 0 Å². The van der Waals surface area contributed by atoms with Gasteiger partial charge in [-0.3, -0.25) is 4.90 Å². The Kier molecular flexibility index (Phi) is 3.36. The minimum atomic E-state index is 0.351. The topological polar surface area (TPSA) is 6.48 Å². The third-order valence-electron chi connectivity index (χ3n) is 3.23. The molecule has 1 rings (SSSR count). The highest BCUT2D eigenvalue weighted by molar-refractivity contribution is 4.88. The minimum Gasteiger partial charge on any atom is -0.302 e. The lowest BCUT2D eigenvalue weighted by Gasteiger charge is -2.32. The first-order valence-electron chi connectivity index (χ1n) is 5.40. The summed E-state index contributed by atoms with van der Waals surface area (Å²) in [7, 11) is 2.23. The van der Waals surface area contributed by atoms with Gasteiger partial charge in [-0.1, -0.05) is 6.92 Å². The molecule has 2 nitrogen and oxygen atoms in total. The van der Waals surface area contributed by atoms with Crippen LogP contribution in [0.2, 0.25) is 0 Å². The summed E-state index contributed by atoms with van der Waals surface area (Å²) in [5, 5.41) is 0. The Morgan fingerprint density at radius 1 is 1.38 bits per heavy atom. The van der Waals surface area contributed by atoms with Crippen molar-refractivity contribution in [2.75, 3.05) is 26.7 Å². The molecule has 0 amide bonds. The molecule has 1 aliphatic heterocycles. The van der Waals surface area contributed by atoms with Crippen molar-refractivity contribution < 1.29 is 0 Å². The molecule has 0 N–H and O–H groups in total. The summed E-state index contributed by atoms with van der Waals surface area (Å²) in [6, 6.07) is 0.782. The van der Waals surface area contributed by atoms with Crippen molar-refractivity contribution in [1.29, 1.82) is 0 Å². The van der Waals surface area contributed by atoms with Gasteiger partial charge in [0, 0.05) is 24.7 Å². The Morgan fingerprint density at radius 3 is 2.38 bits per heavy atom. The Labute approximate surface area is 82.9 Å². The second-order valence-electron chi connectivity index (χ2n) is 5.13. The van der Waals surface area contributed by atoms with Gasteiger partial charge in [-0.2, -0.15) is 0 Å². The van der Waals surface area contributed by atoms with E-state index in [0.717, 1.165) is 6.04 Å². The van der Waals surface area contributed by atoms with Crippen LogP contribution in [0.5, 0.6) is 0 Å². The fourth-order valence-corrected chi connectivity index (χ4v) is 1.97. The monoisotopic (exact) mass is 184 g/mol. The zero-order valence-electron chi connectivity index (χ0n) is 9.80. The normalized spacial score (nSPS) is 25.8. The fourth-order valence-electron chi connectivity index (χ4n) is 1.97. The highest BCUT2D eigenvalue weighted by atomic mass is 15.3. The number of rotatable bonds is 2. The summed E-state index contributed by atoms with van der Waals surface area (Å²) >= 11 is 0. The van der Waals surface area contributed by atoms with Crippen LogP contribution in [0.25, 0.3) is 0 Å². The highest BCUT2D eigenvalue weighted by Crippen LogP contribution is 2.22. The largest absolute Gasteiger partial charge is 0.302 e. The molecule has 0 radical (unpaired) electrons. The lowest BCUT2D eigenvalue weighted by atomic mass is 10.1. The number of likely N-dealkylation sites (N-methyl/N-ethyl adjacent to an activating group) is 1. The van der Waals surface area contributed by atoms with E-state index in [0.29, 0.717) is 5.54 Å². The molecule has 1 fully saturated rings. The van der Waals surface area contributed by atoms with Crippen LogP contribution in [0, 0.1) is 0 Å². The third-order valence-corrected chi connectivity index (χ3v) is 3.23. The summed E-state index contributed by atoms with van der Waals surface area (Å²) < 4.78 is 0. The first-order valence-corrected chi connectivity index (χ1v) is 5.40. The van der Waals surface area contributed by atoms with Gasteiger partial charge in [0.2, 0.25) is 0 Å². The molecule has 2 heteroatoms. The van der Waals surface area contributed by atoms with Crippen molar-refractivity contribution >= 4 is 0 Å². The van der Waals surface area contributed by atoms with Gasteiger partial charge in [0.25, 0.3) is 0 Å². The predicted molar refractivity (Wildman–Crippen MR) is 58.0 cm³/mol. The molecule has 0 bridgehead atoms. The molecule has 0 aromatic rings. The Hall–Kier alpha value is -0.0800. The smallest absolute Gasteiger partial charge is 0.0232 e. The van der Waals surface area contributed by atoms with Gasteiger partial charge in [0.1, 0.15) is 0 Å². The summed E-state index contributed by atoms with van der Waals surface area (Å²) in [6.45, 7) is 12.8. The van der Waals surface area contributed by atoms with Crippen LogP contribution in [-0.2, 0) is 0 Å². The predicted octanol–water partition coefficient (Wildman–Crippen LogP) is 1.81. The summed E-state index contributed by atoms with van der Waals surface area (Å²) in [4.78, 5) is 5.05. The molecule has 1 atom stereocenters. The zero-order chi connectivity index (χ0) is 10.1. The van der Waals surface area contributed by atoms with Gasteiger partial charge in [0.15, 0.2) is 0 Å². The van der Waals surface area contributed by atoms with E-state index in [1.54, 1.807) is 0 Å². The zero-order valence-corrected chi connectivity index (χ0v) is 9.80. The molecule has 0 aromatic carbocycles. The summed E-state index contributed by atoms with van der Waals surface area (Å²) in [5.41, 5.74) is 0.351. The van der Waals surface area contributed by atoms with Crippen molar-refractivity contribution in [3.63, 3.8) is 0 Å². The average molecular weight is 184 g/mol. The van der Waals surface area contributed by atoms with E-state index in [4.69, 9.17) is 0 Å². The molecule has 1 heterocycles. The number of nitrogens with zero attached hydrogens (tertiary/aromatic N) is 2. The van der Waals surface area contributed by atoms with Crippen LogP contribution < -0.4 is 0 Å². The van der Waals surface area contributed by atoms with E-state index in [1.165, 1.54) is 26.1 Å². The van der Waals surface area contributed by atoms with Crippen LogP contribution in [0.4, 0.5) is 0 Å². The van der Waals surface area contributed by atoms with Crippen molar-refractivity contribution in [1.82, 2.24) is 9.80 Å². The van der Waals surface area contributed by atoms with Crippen molar-refractivity contribution in [2.45, 2.75) is 45.7 Å². The van der Waals surface area contributed by atoms with E-state index in [2.05, 4.69) is 44.5 Å². The first kappa shape index (κ1) is 11.0. The molecule has 1 saturated heterocycles. The van der Waals surface area contributed by atoms with Gasteiger partial charge in [-0.15, -0.1) is 0 Å². The van der Waals surface area contributed by atoms with Gasteiger partial charge >= 0.3 is 0 Å². The maximum atomic E-state index is 2.59. The van der Waals surface area contributed by atoms with Crippen LogP contribution in [-0.4, -0.2) is 48.1 Å². The number of likely N-dealkylation sites (tertiary alicyclic amines) is 1. The van der Waals surface area contributed by atoms with E-state index in [1.807, 2.05) is 0 Å². The molecule has 0 spiro atoms. The Morgan fingerprint density at radius 2 is 2.00 bits per heavy atom. The highest BCUT2D eigenvalue weighted by Gasteiger charge is 2.31. The first-order chi connectivity index (χ1) is 5.95. The Balaban J connectivity index is 2.45. The number of hydrogen-bond donors (Lipinski definition) is 0. The van der Waals surface area contributed by atoms with Crippen molar-refractivity contribution in [3.05, 3.63) is 0 Å². The van der Waals surface area contributed by atoms with Gasteiger partial charge < -0.3 is 4.90 Å². The molecule has 0 aliphatic carbocycles. The van der Waals surface area contributed by atoms with Gasteiger partial charge in [-0.05, 0) is 40.8 Å². The van der Waals surface area contributed by atoms with Crippen molar-refractivity contribution in [3.8, 4) is 0 Å². The quantitative estimate of drug-likeness (QED) is 0.646. The van der Waals surface area contributed by atoms with E-state index in [-0.39, 0.29) is 0 Å². The molecule has 0 aromatic heterocycles. The molecule has 0 saturated carbocycles. The lowest BCUT2D eigenvalue weighted by Crippen LogP contribution is -2.42. The third kappa shape index (κ3) is 2.68. The molecule has 1 aliphatic rings. The Bertz CT molecular complexity index is 160. The van der Waals surface area contributed by atoms with Crippen LogP contribution >= 0.6 is 0 Å². The van der Waals surface area contributed by atoms with Gasteiger partial charge in [-0.25, -0.2) is 0 Å². The molecular weight excluding hydrogens is 160 g/mol. The lowest BCUT2D eigenvalue weighted by molar-refractivity contribution is 0.155. The van der Waals surface area contributed by atoms with E-state index < -0.39 is 0 Å². The van der Waals surface area contributed by atoms with Crippen molar-refractivity contribution in [2.24, 2.45) is 0 Å². The molecular formula is C11H24N2. The maximum absolute atomic E-state index is 2.59. The molecule has 13 heavy (non-hydrogen) atoms. The summed E-state index contributed by atoms with van der Waals surface area (Å²) in [6.07, 6.45) is 1.33. The van der Waals surface area contributed by atoms with Crippen LogP contribution in [0.15, 0.2) is 0 Å². The standard InChI is InChI=1S/C11H24N2/c1-6-12(5)10-7-8-13(9-10)11(2,3)4/h10H,6-9H2,1-5H3/t10-/m0/s1. The minimum absolute atomic E-state index is 0.351. The van der Waals surface area contributed by atoms with Crippen LogP contribution in [0.3, 0.4) is 0 Å². The average Bonchev–Trinajstić information content (AvgIpc) is 2.50. The SMILES string of the molecule is CCN(C)[C@H]1CCN(C(C)(C)C)C1. The van der Waals surface area contributed by atoms with E-state index in [9.17, 15) is 0 Å².